The number of carbonyl (C=O) groups excluding carboxylic acids is 1. The Bertz CT molecular complexity index is 229. The van der Waals surface area contributed by atoms with Gasteiger partial charge in [0.25, 0.3) is 0 Å². The van der Waals surface area contributed by atoms with E-state index in [0.717, 1.165) is 25.7 Å². The lowest BCUT2D eigenvalue weighted by molar-refractivity contribution is -0.151. The third-order valence-corrected chi connectivity index (χ3v) is 2.52. The molecule has 14 heavy (non-hydrogen) atoms. The lowest BCUT2D eigenvalue weighted by Gasteiger charge is -2.30. The molecule has 0 saturated heterocycles. The van der Waals surface area contributed by atoms with Crippen molar-refractivity contribution in [3.63, 3.8) is 0 Å². The van der Waals surface area contributed by atoms with E-state index in [4.69, 9.17) is 9.84 Å². The van der Waals surface area contributed by atoms with Crippen LogP contribution in [0.15, 0.2) is 0 Å². The van der Waals surface area contributed by atoms with Crippen LogP contribution in [0.2, 0.25) is 0 Å². The first kappa shape index (κ1) is 11.0. The van der Waals surface area contributed by atoms with Crippen LogP contribution in [0.4, 0.5) is 0 Å². The van der Waals surface area contributed by atoms with Crippen molar-refractivity contribution in [3.05, 3.63) is 0 Å². The monoisotopic (exact) mass is 201 g/mol. The van der Waals surface area contributed by atoms with Crippen LogP contribution < -0.4 is 5.32 Å². The summed E-state index contributed by atoms with van der Waals surface area (Å²) in [5.41, 5.74) is 0. The van der Waals surface area contributed by atoms with Gasteiger partial charge in [-0.3, -0.25) is 4.79 Å². The van der Waals surface area contributed by atoms with E-state index in [1.165, 1.54) is 0 Å². The summed E-state index contributed by atoms with van der Waals surface area (Å²) < 4.78 is 5.18. The number of carbonyl (C=O) groups is 2. The maximum Gasteiger partial charge on any atom is 0.394 e. The van der Waals surface area contributed by atoms with Gasteiger partial charge < -0.3 is 15.2 Å². The first-order valence-corrected chi connectivity index (χ1v) is 4.71. The Morgan fingerprint density at radius 3 is 2.57 bits per heavy atom. The van der Waals surface area contributed by atoms with E-state index >= 15 is 0 Å². The lowest BCUT2D eigenvalue weighted by Crippen LogP contribution is -2.48. The first-order valence-electron chi connectivity index (χ1n) is 4.71. The Kier molecular flexibility index (Phi) is 3.88. The minimum Gasteiger partial charge on any atom is -0.474 e. The van der Waals surface area contributed by atoms with Gasteiger partial charge in [-0.25, -0.2) is 4.79 Å². The smallest absolute Gasteiger partial charge is 0.394 e. The number of aliphatic carboxylic acids is 1. The van der Waals surface area contributed by atoms with Crippen molar-refractivity contribution in [3.8, 4) is 0 Å². The van der Waals surface area contributed by atoms with Crippen LogP contribution in [0, 0.1) is 0 Å². The van der Waals surface area contributed by atoms with E-state index in [2.05, 4.69) is 5.32 Å². The third kappa shape index (κ3) is 2.70. The van der Waals surface area contributed by atoms with Gasteiger partial charge in [0.2, 0.25) is 0 Å². The van der Waals surface area contributed by atoms with Crippen molar-refractivity contribution in [2.45, 2.75) is 37.8 Å². The van der Waals surface area contributed by atoms with Gasteiger partial charge in [-0.1, -0.05) is 12.8 Å². The molecule has 1 rings (SSSR count). The SMILES string of the molecule is CO[C@H]1CCCC[C@@H]1NC(=O)C(=O)O. The predicted octanol–water partition coefficient (Wildman–Crippen LogP) is 0.145. The zero-order chi connectivity index (χ0) is 10.6. The summed E-state index contributed by atoms with van der Waals surface area (Å²) in [6.45, 7) is 0. The largest absolute Gasteiger partial charge is 0.474 e. The van der Waals surface area contributed by atoms with E-state index in [9.17, 15) is 9.59 Å². The van der Waals surface area contributed by atoms with Gasteiger partial charge in [0, 0.05) is 7.11 Å². The zero-order valence-electron chi connectivity index (χ0n) is 8.16. The fourth-order valence-corrected chi connectivity index (χ4v) is 1.77. The second-order valence-corrected chi connectivity index (χ2v) is 3.44. The van der Waals surface area contributed by atoms with Crippen molar-refractivity contribution in [2.75, 3.05) is 7.11 Å². The van der Waals surface area contributed by atoms with Crippen molar-refractivity contribution in [1.82, 2.24) is 5.32 Å². The molecule has 0 heterocycles. The van der Waals surface area contributed by atoms with E-state index in [0.29, 0.717) is 0 Å². The second kappa shape index (κ2) is 4.95. The summed E-state index contributed by atoms with van der Waals surface area (Å²) in [6, 6.07) is -0.155. The number of carboxylic acid groups (broad SMARTS) is 1. The molecule has 2 atom stereocenters. The molecule has 0 bridgehead atoms. The quantitative estimate of drug-likeness (QED) is 0.623. The number of hydrogen-bond acceptors (Lipinski definition) is 3. The molecule has 0 aromatic rings. The van der Waals surface area contributed by atoms with Crippen LogP contribution in [-0.2, 0) is 14.3 Å². The molecule has 0 spiro atoms. The molecule has 0 aromatic carbocycles. The highest BCUT2D eigenvalue weighted by atomic mass is 16.5. The Morgan fingerprint density at radius 1 is 1.36 bits per heavy atom. The standard InChI is InChI=1S/C9H15NO4/c1-14-7-5-3-2-4-6(7)10-8(11)9(12)13/h6-7H,2-5H2,1H3,(H,10,11)(H,12,13)/t6-,7-/m0/s1. The molecule has 5 nitrogen and oxygen atoms in total. The van der Waals surface area contributed by atoms with E-state index in [-0.39, 0.29) is 12.1 Å². The number of amides is 1. The normalized spacial score (nSPS) is 26.9. The number of carboxylic acids is 1. The van der Waals surface area contributed by atoms with Gasteiger partial charge in [0.1, 0.15) is 0 Å². The van der Waals surface area contributed by atoms with Crippen molar-refractivity contribution in [2.24, 2.45) is 0 Å². The van der Waals surface area contributed by atoms with Crippen molar-refractivity contribution < 1.29 is 19.4 Å². The maximum atomic E-state index is 10.9. The molecule has 1 fully saturated rings. The Morgan fingerprint density at radius 2 is 2.00 bits per heavy atom. The van der Waals surface area contributed by atoms with Gasteiger partial charge in [-0.2, -0.15) is 0 Å². The van der Waals surface area contributed by atoms with E-state index in [1.807, 2.05) is 0 Å². The molecule has 5 heteroatoms. The molecule has 0 aliphatic heterocycles. The molecule has 1 aliphatic rings. The molecule has 0 unspecified atom stereocenters. The Balaban J connectivity index is 2.48. The number of hydrogen-bond donors (Lipinski definition) is 2. The van der Waals surface area contributed by atoms with Crippen molar-refractivity contribution in [1.29, 1.82) is 0 Å². The highest BCUT2D eigenvalue weighted by Gasteiger charge is 2.27. The lowest BCUT2D eigenvalue weighted by atomic mass is 9.92. The third-order valence-electron chi connectivity index (χ3n) is 2.52. The van der Waals surface area contributed by atoms with E-state index in [1.54, 1.807) is 7.11 Å². The molecule has 1 aliphatic carbocycles. The molecular formula is C9H15NO4. The van der Waals surface area contributed by atoms with Crippen LogP contribution in [0.1, 0.15) is 25.7 Å². The molecule has 2 N–H and O–H groups in total. The van der Waals surface area contributed by atoms with Crippen LogP contribution in [0.25, 0.3) is 0 Å². The van der Waals surface area contributed by atoms with Crippen LogP contribution >= 0.6 is 0 Å². The molecule has 0 radical (unpaired) electrons. The summed E-state index contributed by atoms with van der Waals surface area (Å²) in [6.07, 6.45) is 3.69. The molecule has 1 amide bonds. The molecule has 0 aromatic heterocycles. The topological polar surface area (TPSA) is 75.6 Å². The summed E-state index contributed by atoms with van der Waals surface area (Å²) >= 11 is 0. The van der Waals surface area contributed by atoms with Crippen molar-refractivity contribution >= 4 is 11.9 Å². The fraction of sp³-hybridized carbons (Fsp3) is 0.778. The Labute approximate surface area is 82.4 Å². The highest BCUT2D eigenvalue weighted by molar-refractivity contribution is 6.31. The van der Waals surface area contributed by atoms with Gasteiger partial charge in [-0.15, -0.1) is 0 Å². The van der Waals surface area contributed by atoms with Crippen LogP contribution in [0.5, 0.6) is 0 Å². The van der Waals surface area contributed by atoms with Gasteiger partial charge in [-0.05, 0) is 12.8 Å². The minimum absolute atomic E-state index is 0.0490. The average Bonchev–Trinajstić information content (AvgIpc) is 2.18. The molecule has 1 saturated carbocycles. The predicted molar refractivity (Wildman–Crippen MR) is 48.8 cm³/mol. The second-order valence-electron chi connectivity index (χ2n) is 3.44. The average molecular weight is 201 g/mol. The minimum atomic E-state index is -1.44. The van der Waals surface area contributed by atoms with Gasteiger partial charge in [0.05, 0.1) is 12.1 Å². The number of ether oxygens (including phenoxy) is 1. The summed E-state index contributed by atoms with van der Waals surface area (Å²) in [5, 5.41) is 10.9. The number of rotatable bonds is 2. The first-order chi connectivity index (χ1) is 6.65. The molecular weight excluding hydrogens is 186 g/mol. The number of nitrogens with one attached hydrogen (secondary N) is 1. The zero-order valence-corrected chi connectivity index (χ0v) is 8.16. The maximum absolute atomic E-state index is 10.9. The summed E-state index contributed by atoms with van der Waals surface area (Å²) in [4.78, 5) is 21.2. The van der Waals surface area contributed by atoms with Crippen LogP contribution in [0.3, 0.4) is 0 Å². The van der Waals surface area contributed by atoms with E-state index < -0.39 is 11.9 Å². The Hall–Kier alpha value is -1.10. The van der Waals surface area contributed by atoms with Gasteiger partial charge in [0.15, 0.2) is 0 Å². The summed E-state index contributed by atoms with van der Waals surface area (Å²) in [5.74, 6) is -2.38. The molecule has 80 valence electrons. The van der Waals surface area contributed by atoms with Crippen LogP contribution in [-0.4, -0.2) is 36.2 Å². The highest BCUT2D eigenvalue weighted by Crippen LogP contribution is 2.20. The van der Waals surface area contributed by atoms with Gasteiger partial charge >= 0.3 is 11.9 Å². The number of methoxy groups -OCH3 is 1. The fourth-order valence-electron chi connectivity index (χ4n) is 1.77. The summed E-state index contributed by atoms with van der Waals surface area (Å²) in [7, 11) is 1.58.